The van der Waals surface area contributed by atoms with E-state index in [1.54, 1.807) is 0 Å². The lowest BCUT2D eigenvalue weighted by molar-refractivity contribution is -0.870. The highest BCUT2D eigenvalue weighted by Crippen LogP contribution is 2.43. The van der Waals surface area contributed by atoms with Crippen molar-refractivity contribution in [2.45, 2.75) is 251 Å². The van der Waals surface area contributed by atoms with Crippen LogP contribution in [0, 0.1) is 0 Å². The number of phosphoric acid groups is 1. The SMILES string of the molecule is CC/C=C\C/C=C\C/C=C\C/C=C\C/C=C\C/C=C\C/C=C\CCCCCCCCCC(=O)OC(COC(=O)CCCCCCCCCCCCCCCC/C=C\C/C=C\C/C=C\C/C=C\CC)COP(=O)(O)OCC[N+](C)(C)C. The van der Waals surface area contributed by atoms with Crippen LogP contribution in [0.2, 0.25) is 0 Å². The summed E-state index contributed by atoms with van der Waals surface area (Å²) < 4.78 is 34.6. The molecule has 0 spiro atoms. The molecule has 0 saturated carbocycles. The molecule has 0 aliphatic carbocycles. The lowest BCUT2D eigenvalue weighted by atomic mass is 10.0. The predicted octanol–water partition coefficient (Wildman–Crippen LogP) is 20.5. The fourth-order valence-electron chi connectivity index (χ4n) is 8.34. The third kappa shape index (κ3) is 63.3. The molecule has 1 N–H and O–H groups in total. The van der Waals surface area contributed by atoms with E-state index < -0.39 is 26.5 Å². The van der Waals surface area contributed by atoms with Crippen LogP contribution >= 0.6 is 7.82 Å². The van der Waals surface area contributed by atoms with E-state index in [-0.39, 0.29) is 32.0 Å². The van der Waals surface area contributed by atoms with Crippen LogP contribution in [0.4, 0.5) is 0 Å². The molecule has 0 aliphatic heterocycles. The molecular weight excluding hydrogens is 1010 g/mol. The smallest absolute Gasteiger partial charge is 0.462 e. The maximum atomic E-state index is 12.9. The zero-order valence-electron chi connectivity index (χ0n) is 51.8. The summed E-state index contributed by atoms with van der Waals surface area (Å²) in [7, 11) is 1.45. The van der Waals surface area contributed by atoms with E-state index in [0.29, 0.717) is 17.4 Å². The van der Waals surface area contributed by atoms with Gasteiger partial charge in [-0.3, -0.25) is 18.6 Å². The fourth-order valence-corrected chi connectivity index (χ4v) is 9.08. The quantitative estimate of drug-likeness (QED) is 0.0211. The Morgan fingerprint density at radius 2 is 0.675 bits per heavy atom. The number of hydrogen-bond acceptors (Lipinski definition) is 7. The molecular formula is C70H119NO8P+. The molecule has 456 valence electrons. The van der Waals surface area contributed by atoms with Crippen molar-refractivity contribution in [3.63, 3.8) is 0 Å². The zero-order chi connectivity index (χ0) is 58.4. The fraction of sp³-hybridized carbons (Fsp3) is 0.657. The zero-order valence-corrected chi connectivity index (χ0v) is 52.7. The Bertz CT molecular complexity index is 1810. The number of unbranched alkanes of at least 4 members (excludes halogenated alkanes) is 21. The summed E-state index contributed by atoms with van der Waals surface area (Å²) in [6.45, 7) is 4.19. The maximum absolute atomic E-state index is 12.9. The van der Waals surface area contributed by atoms with Gasteiger partial charge in [-0.15, -0.1) is 0 Å². The van der Waals surface area contributed by atoms with E-state index in [2.05, 4.69) is 148 Å². The molecule has 0 amide bonds. The minimum absolute atomic E-state index is 0.0226. The maximum Gasteiger partial charge on any atom is 0.472 e. The van der Waals surface area contributed by atoms with Crippen molar-refractivity contribution >= 4 is 19.8 Å². The summed E-state index contributed by atoms with van der Waals surface area (Å²) in [5.41, 5.74) is 0. The highest BCUT2D eigenvalue weighted by molar-refractivity contribution is 7.47. The molecule has 10 heteroatoms. The first-order chi connectivity index (χ1) is 39.0. The van der Waals surface area contributed by atoms with Gasteiger partial charge in [0.15, 0.2) is 6.10 Å². The summed E-state index contributed by atoms with van der Waals surface area (Å²) in [6, 6.07) is 0. The number of ether oxygens (including phenoxy) is 2. The highest BCUT2D eigenvalue weighted by atomic mass is 31.2. The standard InChI is InChI=1S/C70H118NO8P/c1-6-8-10-12-14-16-18-20-22-24-26-28-30-32-34-35-37-39-41-43-45-47-49-51-53-55-57-59-61-63-70(73)79-68(67-78-80(74,75)77-65-64-71(3,4)5)66-76-69(72)62-60-58-56-54-52-50-48-46-44-42-40-38-36-33-31-29-27-25-23-21-19-17-15-13-11-9-7-2/h8-11,14-17,20-23,26-29,32,34,37,39,43,45,68H,6-7,12-13,18-19,24-25,30-31,33,35-36,38,40-42,44,46-67H2,1-5H3/p+1/b10-8-,11-9-,16-14-,17-15-,22-20-,23-21-,28-26-,29-27-,34-32-,39-37-,45-43-. The summed E-state index contributed by atoms with van der Waals surface area (Å²) >= 11 is 0. The second kappa shape index (κ2) is 59.8. The number of rotatable bonds is 57. The minimum atomic E-state index is -4.40. The molecule has 0 bridgehead atoms. The van der Waals surface area contributed by atoms with Crippen molar-refractivity contribution in [1.82, 2.24) is 0 Å². The van der Waals surface area contributed by atoms with Crippen LogP contribution in [0.25, 0.3) is 0 Å². The molecule has 2 atom stereocenters. The lowest BCUT2D eigenvalue weighted by Gasteiger charge is -2.24. The van der Waals surface area contributed by atoms with Crippen molar-refractivity contribution in [3.05, 3.63) is 134 Å². The van der Waals surface area contributed by atoms with E-state index in [1.165, 1.54) is 96.3 Å². The van der Waals surface area contributed by atoms with E-state index >= 15 is 0 Å². The largest absolute Gasteiger partial charge is 0.472 e. The van der Waals surface area contributed by atoms with Crippen molar-refractivity contribution in [2.75, 3.05) is 47.5 Å². The van der Waals surface area contributed by atoms with Gasteiger partial charge in [-0.25, -0.2) is 4.57 Å². The summed E-state index contributed by atoms with van der Waals surface area (Å²) in [5.74, 6) is -0.816. The molecule has 0 aromatic rings. The highest BCUT2D eigenvalue weighted by Gasteiger charge is 2.27. The topological polar surface area (TPSA) is 108 Å². The average molecular weight is 1130 g/mol. The third-order valence-electron chi connectivity index (χ3n) is 13.2. The van der Waals surface area contributed by atoms with Gasteiger partial charge in [-0.2, -0.15) is 0 Å². The summed E-state index contributed by atoms with van der Waals surface area (Å²) in [6.07, 6.45) is 86.7. The first kappa shape index (κ1) is 76.1. The molecule has 9 nitrogen and oxygen atoms in total. The van der Waals surface area contributed by atoms with Crippen LogP contribution in [0.5, 0.6) is 0 Å². The van der Waals surface area contributed by atoms with Crippen LogP contribution in [-0.2, 0) is 32.7 Å². The first-order valence-corrected chi connectivity index (χ1v) is 33.4. The molecule has 0 heterocycles. The van der Waals surface area contributed by atoms with Crippen LogP contribution < -0.4 is 0 Å². The third-order valence-corrected chi connectivity index (χ3v) is 14.2. The molecule has 0 aliphatic rings. The van der Waals surface area contributed by atoms with Crippen LogP contribution in [-0.4, -0.2) is 74.9 Å². The van der Waals surface area contributed by atoms with Crippen LogP contribution in [0.3, 0.4) is 0 Å². The van der Waals surface area contributed by atoms with Gasteiger partial charge < -0.3 is 18.9 Å². The number of carbonyl (C=O) groups excluding carboxylic acids is 2. The number of quaternary nitrogens is 1. The Morgan fingerprint density at radius 1 is 0.388 bits per heavy atom. The normalized spacial score (nSPS) is 14.1. The molecule has 0 aromatic heterocycles. The number of phosphoric ester groups is 1. The number of nitrogens with zero attached hydrogens (tertiary/aromatic N) is 1. The van der Waals surface area contributed by atoms with Gasteiger partial charge in [-0.1, -0.05) is 257 Å². The lowest BCUT2D eigenvalue weighted by Crippen LogP contribution is -2.37. The van der Waals surface area contributed by atoms with Gasteiger partial charge in [0.25, 0.3) is 0 Å². The van der Waals surface area contributed by atoms with Gasteiger partial charge in [0.1, 0.15) is 19.8 Å². The van der Waals surface area contributed by atoms with Gasteiger partial charge >= 0.3 is 19.8 Å². The number of carbonyl (C=O) groups is 2. The average Bonchev–Trinajstić information content (AvgIpc) is 3.42. The molecule has 2 unspecified atom stereocenters. The van der Waals surface area contributed by atoms with E-state index in [4.69, 9.17) is 18.5 Å². The number of hydrogen-bond donors (Lipinski definition) is 1. The predicted molar refractivity (Wildman–Crippen MR) is 344 cm³/mol. The number of allylic oxidation sites excluding steroid dienone is 22. The Hall–Kier alpha value is -3.85. The second-order valence-corrected chi connectivity index (χ2v) is 23.5. The monoisotopic (exact) mass is 1130 g/mol. The van der Waals surface area contributed by atoms with E-state index in [9.17, 15) is 19.0 Å². The van der Waals surface area contributed by atoms with Gasteiger partial charge in [0.05, 0.1) is 27.7 Å². The van der Waals surface area contributed by atoms with Crippen LogP contribution in [0.15, 0.2) is 134 Å². The molecule has 0 saturated heterocycles. The first-order valence-electron chi connectivity index (χ1n) is 31.9. The Balaban J connectivity index is 4.17. The summed E-state index contributed by atoms with van der Waals surface area (Å²) in [5, 5.41) is 0. The minimum Gasteiger partial charge on any atom is -0.462 e. The van der Waals surface area contributed by atoms with Gasteiger partial charge in [0.2, 0.25) is 0 Å². The molecule has 0 aromatic carbocycles. The molecule has 0 fully saturated rings. The van der Waals surface area contributed by atoms with E-state index in [1.807, 2.05) is 21.1 Å². The van der Waals surface area contributed by atoms with Gasteiger partial charge in [0, 0.05) is 12.8 Å². The summed E-state index contributed by atoms with van der Waals surface area (Å²) in [4.78, 5) is 35.8. The second-order valence-electron chi connectivity index (χ2n) is 22.0. The Morgan fingerprint density at radius 3 is 1.00 bits per heavy atom. The number of likely N-dealkylation sites (N-methyl/N-ethyl adjacent to an activating group) is 1. The molecule has 0 radical (unpaired) electrons. The molecule has 0 rings (SSSR count). The van der Waals surface area contributed by atoms with Crippen molar-refractivity contribution in [2.24, 2.45) is 0 Å². The Labute approximate surface area is 491 Å². The van der Waals surface area contributed by atoms with Crippen molar-refractivity contribution < 1.29 is 42.1 Å². The van der Waals surface area contributed by atoms with E-state index in [0.717, 1.165) is 116 Å². The Kier molecular flexibility index (Phi) is 56.9. The van der Waals surface area contributed by atoms with Gasteiger partial charge in [-0.05, 0) is 109 Å². The van der Waals surface area contributed by atoms with Crippen LogP contribution in [0.1, 0.15) is 245 Å². The number of esters is 2. The molecule has 80 heavy (non-hydrogen) atoms. The van der Waals surface area contributed by atoms with Crippen molar-refractivity contribution in [1.29, 1.82) is 0 Å². The van der Waals surface area contributed by atoms with Crippen molar-refractivity contribution in [3.8, 4) is 0 Å².